The third-order valence-electron chi connectivity index (χ3n) is 3.70. The summed E-state index contributed by atoms with van der Waals surface area (Å²) in [6.07, 6.45) is 8.70. The van der Waals surface area contributed by atoms with Gasteiger partial charge in [-0.25, -0.2) is 4.98 Å². The summed E-state index contributed by atoms with van der Waals surface area (Å²) in [7, 11) is 0. The van der Waals surface area contributed by atoms with Gasteiger partial charge < -0.3 is 15.2 Å². The Morgan fingerprint density at radius 2 is 1.88 bits per heavy atom. The summed E-state index contributed by atoms with van der Waals surface area (Å²) in [5.41, 5.74) is 2.63. The van der Waals surface area contributed by atoms with E-state index >= 15 is 0 Å². The van der Waals surface area contributed by atoms with E-state index in [2.05, 4.69) is 20.6 Å². The van der Waals surface area contributed by atoms with Crippen molar-refractivity contribution in [2.45, 2.75) is 19.9 Å². The van der Waals surface area contributed by atoms with Gasteiger partial charge in [0.05, 0.1) is 11.9 Å². The lowest BCUT2D eigenvalue weighted by Gasteiger charge is -2.09. The second-order valence-corrected chi connectivity index (χ2v) is 5.88. The molecule has 3 aromatic rings. The van der Waals surface area contributed by atoms with E-state index in [1.807, 2.05) is 17.7 Å². The number of hydrogen-bond acceptors (Lipinski definition) is 4. The maximum absolute atomic E-state index is 12.3. The Morgan fingerprint density at radius 3 is 2.62 bits per heavy atom. The van der Waals surface area contributed by atoms with Crippen LogP contribution >= 0.6 is 0 Å². The maximum atomic E-state index is 12.3. The number of carbonyl (C=O) groups is 2. The lowest BCUT2D eigenvalue weighted by molar-refractivity contribution is -0.116. The second-order valence-electron chi connectivity index (χ2n) is 5.88. The molecule has 0 spiro atoms. The molecule has 0 saturated heterocycles. The molecule has 0 saturated carbocycles. The number of aromatic nitrogens is 3. The number of nitrogens with zero attached hydrogens (tertiary/aromatic N) is 3. The van der Waals surface area contributed by atoms with Crippen LogP contribution in [0, 0.1) is 6.92 Å². The summed E-state index contributed by atoms with van der Waals surface area (Å²) in [5.74, 6) is -0.352. The van der Waals surface area contributed by atoms with Crippen LogP contribution in [0.5, 0.6) is 0 Å². The summed E-state index contributed by atoms with van der Waals surface area (Å²) in [4.78, 5) is 32.3. The summed E-state index contributed by atoms with van der Waals surface area (Å²) >= 11 is 0. The molecule has 7 heteroatoms. The van der Waals surface area contributed by atoms with Gasteiger partial charge in [-0.05, 0) is 36.8 Å². The molecule has 0 bridgehead atoms. The number of imidazole rings is 1. The molecule has 1 aromatic carbocycles. The number of nitrogens with one attached hydrogen (secondary N) is 2. The van der Waals surface area contributed by atoms with Crippen molar-refractivity contribution in [3.63, 3.8) is 0 Å². The van der Waals surface area contributed by atoms with Crippen LogP contribution in [0.3, 0.4) is 0 Å². The van der Waals surface area contributed by atoms with E-state index in [1.54, 1.807) is 49.1 Å². The minimum absolute atomic E-state index is 0.106. The Hall–Kier alpha value is -3.48. The molecule has 0 radical (unpaired) electrons. The SMILES string of the molecule is Cc1cncc(C(=O)Nc2cccc(NC(=O)CCn3ccnc3)c2)c1. The second kappa shape index (κ2) is 8.06. The van der Waals surface area contributed by atoms with Gasteiger partial charge in [-0.15, -0.1) is 0 Å². The molecular formula is C19H19N5O2. The van der Waals surface area contributed by atoms with Gasteiger partial charge in [0.1, 0.15) is 0 Å². The lowest BCUT2D eigenvalue weighted by Crippen LogP contribution is -2.15. The molecule has 0 unspecified atom stereocenters. The Morgan fingerprint density at radius 1 is 1.08 bits per heavy atom. The van der Waals surface area contributed by atoms with Crippen molar-refractivity contribution in [2.75, 3.05) is 10.6 Å². The molecular weight excluding hydrogens is 330 g/mol. The first-order chi connectivity index (χ1) is 12.6. The van der Waals surface area contributed by atoms with Crippen molar-refractivity contribution < 1.29 is 9.59 Å². The van der Waals surface area contributed by atoms with Crippen LogP contribution in [0.4, 0.5) is 11.4 Å². The van der Waals surface area contributed by atoms with E-state index in [0.717, 1.165) is 5.56 Å². The number of hydrogen-bond donors (Lipinski definition) is 2. The van der Waals surface area contributed by atoms with E-state index in [4.69, 9.17) is 0 Å². The number of benzene rings is 1. The fourth-order valence-corrected chi connectivity index (χ4v) is 2.43. The van der Waals surface area contributed by atoms with E-state index in [9.17, 15) is 9.59 Å². The Bertz CT molecular complexity index is 906. The van der Waals surface area contributed by atoms with Crippen LogP contribution in [0.1, 0.15) is 22.3 Å². The van der Waals surface area contributed by atoms with Crippen LogP contribution in [0.2, 0.25) is 0 Å². The molecule has 132 valence electrons. The normalized spacial score (nSPS) is 10.3. The zero-order valence-electron chi connectivity index (χ0n) is 14.3. The third-order valence-corrected chi connectivity index (χ3v) is 3.70. The summed E-state index contributed by atoms with van der Waals surface area (Å²) < 4.78 is 1.84. The number of rotatable bonds is 6. The molecule has 2 heterocycles. The largest absolute Gasteiger partial charge is 0.337 e. The van der Waals surface area contributed by atoms with Crippen LogP contribution in [0.15, 0.2) is 61.4 Å². The van der Waals surface area contributed by atoms with Gasteiger partial charge in [0.15, 0.2) is 0 Å². The fourth-order valence-electron chi connectivity index (χ4n) is 2.43. The van der Waals surface area contributed by atoms with Crippen molar-refractivity contribution in [3.8, 4) is 0 Å². The molecule has 2 aromatic heterocycles. The van der Waals surface area contributed by atoms with Gasteiger partial charge in [-0.1, -0.05) is 6.07 Å². The van der Waals surface area contributed by atoms with Crippen LogP contribution < -0.4 is 10.6 Å². The molecule has 0 aliphatic heterocycles. The van der Waals surface area contributed by atoms with Gasteiger partial charge >= 0.3 is 0 Å². The van der Waals surface area contributed by atoms with Gasteiger partial charge in [0.25, 0.3) is 5.91 Å². The highest BCUT2D eigenvalue weighted by molar-refractivity contribution is 6.04. The van der Waals surface area contributed by atoms with Gasteiger partial charge in [0, 0.05) is 49.1 Å². The molecule has 7 nitrogen and oxygen atoms in total. The van der Waals surface area contributed by atoms with E-state index in [0.29, 0.717) is 29.9 Å². The average molecular weight is 349 g/mol. The van der Waals surface area contributed by atoms with Crippen molar-refractivity contribution in [3.05, 3.63) is 72.6 Å². The quantitative estimate of drug-likeness (QED) is 0.716. The number of amides is 2. The monoisotopic (exact) mass is 349 g/mol. The van der Waals surface area contributed by atoms with Gasteiger partial charge in [-0.2, -0.15) is 0 Å². The average Bonchev–Trinajstić information content (AvgIpc) is 3.14. The smallest absolute Gasteiger partial charge is 0.257 e. The number of carbonyl (C=O) groups excluding carboxylic acids is 2. The number of anilines is 2. The zero-order chi connectivity index (χ0) is 18.4. The molecule has 26 heavy (non-hydrogen) atoms. The highest BCUT2D eigenvalue weighted by atomic mass is 16.2. The first-order valence-corrected chi connectivity index (χ1v) is 8.19. The van der Waals surface area contributed by atoms with E-state index in [-0.39, 0.29) is 11.8 Å². The van der Waals surface area contributed by atoms with Crippen LogP contribution in [-0.2, 0) is 11.3 Å². The highest BCUT2D eigenvalue weighted by Crippen LogP contribution is 2.16. The van der Waals surface area contributed by atoms with Crippen molar-refractivity contribution >= 4 is 23.2 Å². The van der Waals surface area contributed by atoms with Crippen molar-refractivity contribution in [2.24, 2.45) is 0 Å². The Labute approximate surface area is 151 Å². The fraction of sp³-hybridized carbons (Fsp3) is 0.158. The summed E-state index contributed by atoms with van der Waals surface area (Å²) in [5, 5.41) is 5.64. The molecule has 0 aliphatic carbocycles. The van der Waals surface area contributed by atoms with Crippen molar-refractivity contribution in [1.29, 1.82) is 0 Å². The van der Waals surface area contributed by atoms with Crippen LogP contribution in [0.25, 0.3) is 0 Å². The maximum Gasteiger partial charge on any atom is 0.257 e. The molecule has 2 N–H and O–H groups in total. The first kappa shape index (κ1) is 17.3. The first-order valence-electron chi connectivity index (χ1n) is 8.19. The Kier molecular flexibility index (Phi) is 5.38. The van der Waals surface area contributed by atoms with Crippen LogP contribution in [-0.4, -0.2) is 26.3 Å². The molecule has 2 amide bonds. The summed E-state index contributed by atoms with van der Waals surface area (Å²) in [6, 6.07) is 8.80. The zero-order valence-corrected chi connectivity index (χ0v) is 14.3. The van der Waals surface area contributed by atoms with E-state index < -0.39 is 0 Å². The molecule has 0 atom stereocenters. The number of pyridine rings is 1. The topological polar surface area (TPSA) is 88.9 Å². The predicted octanol–water partition coefficient (Wildman–Crippen LogP) is 2.87. The standard InChI is InChI=1S/C19H19N5O2/c1-14-9-15(12-21-11-14)19(26)23-17-4-2-3-16(10-17)22-18(25)5-7-24-8-6-20-13-24/h2-4,6,8-13H,5,7H2,1H3,(H,22,25)(H,23,26). The molecule has 0 aliphatic rings. The minimum atomic E-state index is -0.246. The van der Waals surface area contributed by atoms with Gasteiger partial charge in [0.2, 0.25) is 5.91 Å². The number of aryl methyl sites for hydroxylation is 2. The predicted molar refractivity (Wildman–Crippen MR) is 98.8 cm³/mol. The van der Waals surface area contributed by atoms with Gasteiger partial charge in [-0.3, -0.25) is 14.6 Å². The lowest BCUT2D eigenvalue weighted by atomic mass is 10.2. The van der Waals surface area contributed by atoms with Crippen molar-refractivity contribution in [1.82, 2.24) is 14.5 Å². The summed E-state index contributed by atoms with van der Waals surface area (Å²) in [6.45, 7) is 2.44. The minimum Gasteiger partial charge on any atom is -0.337 e. The Balaban J connectivity index is 1.59. The highest BCUT2D eigenvalue weighted by Gasteiger charge is 2.08. The van der Waals surface area contributed by atoms with E-state index in [1.165, 1.54) is 6.20 Å². The third kappa shape index (κ3) is 4.76. The molecule has 0 fully saturated rings. The molecule has 3 rings (SSSR count).